The van der Waals surface area contributed by atoms with Crippen LogP contribution in [0.2, 0.25) is 0 Å². The lowest BCUT2D eigenvalue weighted by atomic mass is 10.0. The van der Waals surface area contributed by atoms with Crippen LogP contribution < -0.4 is 5.32 Å². The first-order valence-electron chi connectivity index (χ1n) is 35.0. The molecule has 0 saturated carbocycles. The van der Waals surface area contributed by atoms with Crippen molar-refractivity contribution in [3.05, 3.63) is 24.3 Å². The Morgan fingerprint density at radius 3 is 0.800 bits per heavy atom. The van der Waals surface area contributed by atoms with Crippen molar-refractivity contribution in [3.63, 3.8) is 0 Å². The number of aliphatic hydroxyl groups is 2. The van der Waals surface area contributed by atoms with E-state index in [2.05, 4.69) is 43.5 Å². The molecule has 0 aromatic heterocycles. The third-order valence-corrected chi connectivity index (χ3v) is 16.7. The Hall–Kier alpha value is -1.13. The normalized spacial score (nSPS) is 12.7. The SMILES string of the molecule is CCCCCCC/C=C\C/C=C\CCCCCCCCCCCCCCCCCCCCCC(=O)NC(CO)C(O)CCCCCCCCCCCCCCCCCCCCCCCCCCCCCCCCCC. The van der Waals surface area contributed by atoms with Crippen molar-refractivity contribution in [1.82, 2.24) is 5.32 Å². The molecule has 0 spiro atoms. The summed E-state index contributed by atoms with van der Waals surface area (Å²) in [6.07, 6.45) is 91.0. The van der Waals surface area contributed by atoms with Gasteiger partial charge >= 0.3 is 0 Å². The zero-order valence-electron chi connectivity index (χ0n) is 51.6. The van der Waals surface area contributed by atoms with E-state index < -0.39 is 12.1 Å². The van der Waals surface area contributed by atoms with Crippen molar-refractivity contribution >= 4 is 5.91 Å². The molecule has 0 fully saturated rings. The van der Waals surface area contributed by atoms with E-state index in [1.54, 1.807) is 0 Å². The number of unbranched alkanes of at least 4 members (excludes halogenated alkanes) is 55. The number of carbonyl (C=O) groups excluding carboxylic acids is 1. The van der Waals surface area contributed by atoms with Crippen molar-refractivity contribution in [1.29, 1.82) is 0 Å². The fourth-order valence-corrected chi connectivity index (χ4v) is 11.4. The standard InChI is InChI=1S/C71H139NO3/c1-3-5-7-9-11-13-15-17-19-21-23-25-27-29-31-33-35-37-38-40-42-44-46-48-50-52-54-56-58-60-62-64-66-70(74)69(68-73)72-71(75)67-65-63-61-59-57-55-53-51-49-47-45-43-41-39-36-34-32-30-28-26-24-22-20-18-16-14-12-10-8-6-4-2/h16,18,22,24,69-70,73-74H,3-15,17,19-21,23,25-68H2,1-2H3,(H,72,75)/b18-16-,24-22-. The molecule has 0 aliphatic carbocycles. The average molecular weight is 1050 g/mol. The van der Waals surface area contributed by atoms with Gasteiger partial charge in [-0.05, 0) is 44.9 Å². The van der Waals surface area contributed by atoms with Gasteiger partial charge in [0.2, 0.25) is 5.91 Å². The van der Waals surface area contributed by atoms with E-state index in [0.717, 1.165) is 32.1 Å². The quantitative estimate of drug-likeness (QED) is 0.0420. The second-order valence-electron chi connectivity index (χ2n) is 24.3. The summed E-state index contributed by atoms with van der Waals surface area (Å²) in [5, 5.41) is 23.5. The largest absolute Gasteiger partial charge is 0.394 e. The summed E-state index contributed by atoms with van der Waals surface area (Å²) >= 11 is 0. The second kappa shape index (κ2) is 67.1. The molecule has 0 rings (SSSR count). The molecule has 3 N–H and O–H groups in total. The molecular weight excluding hydrogens is 915 g/mol. The Morgan fingerprint density at radius 1 is 0.320 bits per heavy atom. The van der Waals surface area contributed by atoms with E-state index in [-0.39, 0.29) is 12.5 Å². The molecule has 2 unspecified atom stereocenters. The summed E-state index contributed by atoms with van der Waals surface area (Å²) < 4.78 is 0. The maximum absolute atomic E-state index is 12.6. The zero-order valence-corrected chi connectivity index (χ0v) is 51.6. The third-order valence-electron chi connectivity index (χ3n) is 16.7. The zero-order chi connectivity index (χ0) is 54.1. The van der Waals surface area contributed by atoms with Gasteiger partial charge in [-0.25, -0.2) is 0 Å². The van der Waals surface area contributed by atoms with Crippen molar-refractivity contribution in [2.45, 2.75) is 418 Å². The van der Waals surface area contributed by atoms with E-state index in [4.69, 9.17) is 0 Å². The van der Waals surface area contributed by atoms with Gasteiger partial charge in [-0.2, -0.15) is 0 Å². The number of aliphatic hydroxyl groups excluding tert-OH is 2. The van der Waals surface area contributed by atoms with Gasteiger partial charge < -0.3 is 15.5 Å². The summed E-state index contributed by atoms with van der Waals surface area (Å²) in [7, 11) is 0. The van der Waals surface area contributed by atoms with Crippen LogP contribution in [-0.2, 0) is 4.79 Å². The van der Waals surface area contributed by atoms with Crippen LogP contribution in [-0.4, -0.2) is 34.9 Å². The van der Waals surface area contributed by atoms with E-state index in [1.807, 2.05) is 0 Å². The highest BCUT2D eigenvalue weighted by molar-refractivity contribution is 5.76. The smallest absolute Gasteiger partial charge is 0.220 e. The average Bonchev–Trinajstić information content (AvgIpc) is 3.41. The number of rotatable bonds is 66. The molecule has 0 heterocycles. The molecule has 0 bridgehead atoms. The maximum Gasteiger partial charge on any atom is 0.220 e. The molecular formula is C71H139NO3. The number of amides is 1. The van der Waals surface area contributed by atoms with E-state index in [0.29, 0.717) is 12.8 Å². The van der Waals surface area contributed by atoms with Crippen molar-refractivity contribution < 1.29 is 15.0 Å². The summed E-state index contributed by atoms with van der Waals surface area (Å²) in [5.74, 6) is -0.0222. The molecule has 4 heteroatoms. The van der Waals surface area contributed by atoms with Crippen molar-refractivity contribution in [2.75, 3.05) is 6.61 Å². The first kappa shape index (κ1) is 73.9. The molecule has 0 aromatic rings. The highest BCUT2D eigenvalue weighted by Gasteiger charge is 2.20. The van der Waals surface area contributed by atoms with Crippen LogP contribution >= 0.6 is 0 Å². The van der Waals surface area contributed by atoms with Crippen LogP contribution in [0, 0.1) is 0 Å². The summed E-state index contributed by atoms with van der Waals surface area (Å²) in [6, 6.07) is -0.536. The van der Waals surface area contributed by atoms with Crippen molar-refractivity contribution in [3.8, 4) is 0 Å². The summed E-state index contributed by atoms with van der Waals surface area (Å²) in [5.41, 5.74) is 0. The molecule has 1 amide bonds. The fourth-order valence-electron chi connectivity index (χ4n) is 11.4. The number of carbonyl (C=O) groups is 1. The Labute approximate surface area is 472 Å². The first-order valence-corrected chi connectivity index (χ1v) is 35.0. The Balaban J connectivity index is 3.38. The van der Waals surface area contributed by atoms with Gasteiger partial charge in [0.1, 0.15) is 0 Å². The first-order chi connectivity index (χ1) is 37.2. The second-order valence-corrected chi connectivity index (χ2v) is 24.3. The predicted molar refractivity (Wildman–Crippen MR) is 336 cm³/mol. The number of hydrogen-bond donors (Lipinski definition) is 3. The molecule has 4 nitrogen and oxygen atoms in total. The monoisotopic (exact) mass is 1050 g/mol. The topological polar surface area (TPSA) is 69.6 Å². The third kappa shape index (κ3) is 63.6. The lowest BCUT2D eigenvalue weighted by molar-refractivity contribution is -0.123. The van der Waals surface area contributed by atoms with Crippen LogP contribution in [0.15, 0.2) is 24.3 Å². The van der Waals surface area contributed by atoms with Gasteiger partial charge in [-0.3, -0.25) is 4.79 Å². The molecule has 2 atom stereocenters. The van der Waals surface area contributed by atoms with Gasteiger partial charge in [-0.15, -0.1) is 0 Å². The molecule has 0 saturated heterocycles. The summed E-state index contributed by atoms with van der Waals surface area (Å²) in [6.45, 7) is 4.40. The fraction of sp³-hybridized carbons (Fsp3) is 0.930. The van der Waals surface area contributed by atoms with Gasteiger partial charge in [0, 0.05) is 6.42 Å². The van der Waals surface area contributed by atoms with Crippen LogP contribution in [0.25, 0.3) is 0 Å². The number of nitrogens with one attached hydrogen (secondary N) is 1. The van der Waals surface area contributed by atoms with E-state index in [1.165, 1.54) is 347 Å². The van der Waals surface area contributed by atoms with E-state index in [9.17, 15) is 15.0 Å². The molecule has 0 aliphatic heterocycles. The molecule has 0 aromatic carbocycles. The summed E-state index contributed by atoms with van der Waals surface area (Å²) in [4.78, 5) is 12.6. The Kier molecular flexibility index (Phi) is 66.1. The van der Waals surface area contributed by atoms with E-state index >= 15 is 0 Å². The minimum Gasteiger partial charge on any atom is -0.394 e. The molecule has 0 radical (unpaired) electrons. The van der Waals surface area contributed by atoms with Crippen LogP contribution in [0.1, 0.15) is 406 Å². The van der Waals surface area contributed by atoms with Crippen molar-refractivity contribution in [2.24, 2.45) is 0 Å². The highest BCUT2D eigenvalue weighted by atomic mass is 16.3. The van der Waals surface area contributed by atoms with Crippen LogP contribution in [0.5, 0.6) is 0 Å². The van der Waals surface area contributed by atoms with Gasteiger partial charge in [-0.1, -0.05) is 378 Å². The molecule has 75 heavy (non-hydrogen) atoms. The number of allylic oxidation sites excluding steroid dienone is 4. The minimum atomic E-state index is -0.659. The molecule has 0 aliphatic rings. The molecule has 446 valence electrons. The van der Waals surface area contributed by atoms with Crippen LogP contribution in [0.4, 0.5) is 0 Å². The highest BCUT2D eigenvalue weighted by Crippen LogP contribution is 2.19. The van der Waals surface area contributed by atoms with Gasteiger partial charge in [0.15, 0.2) is 0 Å². The Bertz CT molecular complexity index is 1100. The lowest BCUT2D eigenvalue weighted by Crippen LogP contribution is -2.45. The van der Waals surface area contributed by atoms with Crippen LogP contribution in [0.3, 0.4) is 0 Å². The number of hydrogen-bond acceptors (Lipinski definition) is 3. The Morgan fingerprint density at radius 2 is 0.547 bits per heavy atom. The predicted octanol–water partition coefficient (Wildman–Crippen LogP) is 23.8. The van der Waals surface area contributed by atoms with Gasteiger partial charge in [0.05, 0.1) is 18.8 Å². The van der Waals surface area contributed by atoms with Gasteiger partial charge in [0.25, 0.3) is 0 Å². The lowest BCUT2D eigenvalue weighted by Gasteiger charge is -2.22. The maximum atomic E-state index is 12.6. The minimum absolute atomic E-state index is 0.0222.